The van der Waals surface area contributed by atoms with Crippen LogP contribution in [0.5, 0.6) is 0 Å². The Labute approximate surface area is 124 Å². The molecule has 0 atom stereocenters. The highest BCUT2D eigenvalue weighted by Gasteiger charge is 2.03. The Morgan fingerprint density at radius 3 is 2.35 bits per heavy atom. The lowest BCUT2D eigenvalue weighted by Crippen LogP contribution is -2.19. The summed E-state index contributed by atoms with van der Waals surface area (Å²) in [7, 11) is 0. The van der Waals surface area contributed by atoms with Gasteiger partial charge in [-0.1, -0.05) is 17.7 Å². The van der Waals surface area contributed by atoms with E-state index in [1.807, 2.05) is 19.1 Å². The van der Waals surface area contributed by atoms with Crippen LogP contribution in [-0.2, 0) is 0 Å². The van der Waals surface area contributed by atoms with Crippen LogP contribution in [0.4, 0.5) is 15.8 Å². The van der Waals surface area contributed by atoms with Gasteiger partial charge >= 0.3 is 0 Å². The Kier molecular flexibility index (Phi) is 4.35. The van der Waals surface area contributed by atoms with Gasteiger partial charge in [0.2, 0.25) is 0 Å². The summed E-state index contributed by atoms with van der Waals surface area (Å²) in [6, 6.07) is 10.9. The maximum absolute atomic E-state index is 13.2. The molecule has 0 saturated carbocycles. The quantitative estimate of drug-likeness (QED) is 0.792. The fourth-order valence-electron chi connectivity index (χ4n) is 1.96. The van der Waals surface area contributed by atoms with Crippen molar-refractivity contribution in [1.82, 2.24) is 0 Å². The van der Waals surface area contributed by atoms with Gasteiger partial charge < -0.3 is 10.6 Å². The lowest BCUT2D eigenvalue weighted by atomic mass is 10.1. The van der Waals surface area contributed by atoms with Crippen molar-refractivity contribution >= 4 is 28.7 Å². The van der Waals surface area contributed by atoms with Gasteiger partial charge in [0.1, 0.15) is 5.82 Å². The second kappa shape index (κ2) is 6.01. The van der Waals surface area contributed by atoms with Gasteiger partial charge in [0, 0.05) is 11.4 Å². The molecule has 0 saturated heterocycles. The van der Waals surface area contributed by atoms with E-state index in [0.717, 1.165) is 16.9 Å². The highest BCUT2D eigenvalue weighted by molar-refractivity contribution is 7.80. The van der Waals surface area contributed by atoms with Crippen molar-refractivity contribution in [3.63, 3.8) is 0 Å². The van der Waals surface area contributed by atoms with E-state index in [1.165, 1.54) is 11.6 Å². The van der Waals surface area contributed by atoms with Crippen LogP contribution in [0, 0.1) is 26.6 Å². The molecule has 0 spiro atoms. The van der Waals surface area contributed by atoms with Crippen molar-refractivity contribution in [3.05, 3.63) is 58.9 Å². The first-order valence-electron chi connectivity index (χ1n) is 6.37. The lowest BCUT2D eigenvalue weighted by molar-refractivity contribution is 0.619. The normalized spacial score (nSPS) is 10.2. The highest BCUT2D eigenvalue weighted by Crippen LogP contribution is 2.17. The van der Waals surface area contributed by atoms with E-state index in [-0.39, 0.29) is 5.82 Å². The van der Waals surface area contributed by atoms with Crippen LogP contribution in [0.3, 0.4) is 0 Å². The minimum atomic E-state index is -0.219. The molecule has 4 heteroatoms. The first-order chi connectivity index (χ1) is 9.45. The van der Waals surface area contributed by atoms with Crippen LogP contribution in [0.2, 0.25) is 0 Å². The van der Waals surface area contributed by atoms with E-state index < -0.39 is 0 Å². The molecule has 2 rings (SSSR count). The summed E-state index contributed by atoms with van der Waals surface area (Å²) in [5.74, 6) is -0.219. The summed E-state index contributed by atoms with van der Waals surface area (Å²) < 4.78 is 13.2. The van der Waals surface area contributed by atoms with Gasteiger partial charge in [-0.3, -0.25) is 0 Å². The number of anilines is 2. The first-order valence-corrected chi connectivity index (χ1v) is 6.78. The van der Waals surface area contributed by atoms with Gasteiger partial charge in [-0.15, -0.1) is 0 Å². The van der Waals surface area contributed by atoms with E-state index in [4.69, 9.17) is 12.2 Å². The molecule has 0 aliphatic rings. The Bertz CT molecular complexity index is 653. The number of thiocarbonyl (C=S) groups is 1. The zero-order valence-corrected chi connectivity index (χ0v) is 12.6. The topological polar surface area (TPSA) is 24.1 Å². The first kappa shape index (κ1) is 14.5. The van der Waals surface area contributed by atoms with Crippen molar-refractivity contribution in [3.8, 4) is 0 Å². The molecule has 104 valence electrons. The predicted octanol–water partition coefficient (Wildman–Crippen LogP) is 4.56. The number of aryl methyl sites for hydroxylation is 3. The number of rotatable bonds is 2. The van der Waals surface area contributed by atoms with E-state index in [2.05, 4.69) is 23.6 Å². The van der Waals surface area contributed by atoms with Gasteiger partial charge in [-0.05, 0) is 68.4 Å². The smallest absolute Gasteiger partial charge is 0.175 e. The van der Waals surface area contributed by atoms with E-state index in [1.54, 1.807) is 19.1 Å². The Morgan fingerprint density at radius 2 is 1.70 bits per heavy atom. The molecule has 2 aromatic rings. The fourth-order valence-corrected chi connectivity index (χ4v) is 2.19. The van der Waals surface area contributed by atoms with Crippen LogP contribution in [0.1, 0.15) is 16.7 Å². The second-order valence-electron chi connectivity index (χ2n) is 4.86. The molecular formula is C16H17FN2S. The standard InChI is InChI=1S/C16H17FN2S/c1-10-4-7-15(12(3)8-10)19-16(20)18-13-5-6-14(17)11(2)9-13/h4-9H,1-3H3,(H2,18,19,20). The molecular weight excluding hydrogens is 271 g/mol. The van der Waals surface area contributed by atoms with Crippen LogP contribution >= 0.6 is 12.2 Å². The molecule has 2 aromatic carbocycles. The Hall–Kier alpha value is -1.94. The number of halogens is 1. The molecule has 0 fully saturated rings. The number of benzene rings is 2. The molecule has 2 N–H and O–H groups in total. The Balaban J connectivity index is 2.07. The minimum Gasteiger partial charge on any atom is -0.332 e. The summed E-state index contributed by atoms with van der Waals surface area (Å²) in [6.07, 6.45) is 0. The van der Waals surface area contributed by atoms with Gasteiger partial charge in [-0.2, -0.15) is 0 Å². The number of hydrogen-bond acceptors (Lipinski definition) is 1. The molecule has 0 aromatic heterocycles. The summed E-state index contributed by atoms with van der Waals surface area (Å²) in [5.41, 5.74) is 4.66. The summed E-state index contributed by atoms with van der Waals surface area (Å²) >= 11 is 5.27. The molecule has 0 radical (unpaired) electrons. The van der Waals surface area contributed by atoms with Gasteiger partial charge in [-0.25, -0.2) is 4.39 Å². The molecule has 0 aliphatic carbocycles. The van der Waals surface area contributed by atoms with Crippen LogP contribution in [-0.4, -0.2) is 5.11 Å². The van der Waals surface area contributed by atoms with Crippen molar-refractivity contribution in [2.24, 2.45) is 0 Å². The number of nitrogens with one attached hydrogen (secondary N) is 2. The molecule has 0 bridgehead atoms. The number of hydrogen-bond donors (Lipinski definition) is 2. The fraction of sp³-hybridized carbons (Fsp3) is 0.188. The maximum atomic E-state index is 13.2. The predicted molar refractivity (Wildman–Crippen MR) is 86.9 cm³/mol. The largest absolute Gasteiger partial charge is 0.332 e. The molecule has 2 nitrogen and oxygen atoms in total. The van der Waals surface area contributed by atoms with Gasteiger partial charge in [0.15, 0.2) is 5.11 Å². The van der Waals surface area contributed by atoms with Gasteiger partial charge in [0.05, 0.1) is 0 Å². The average Bonchev–Trinajstić information content (AvgIpc) is 2.37. The third kappa shape index (κ3) is 3.54. The van der Waals surface area contributed by atoms with Gasteiger partial charge in [0.25, 0.3) is 0 Å². The third-order valence-electron chi connectivity index (χ3n) is 3.05. The second-order valence-corrected chi connectivity index (χ2v) is 5.27. The summed E-state index contributed by atoms with van der Waals surface area (Å²) in [5, 5.41) is 6.69. The third-order valence-corrected chi connectivity index (χ3v) is 3.25. The average molecular weight is 288 g/mol. The van der Waals surface area contributed by atoms with Crippen molar-refractivity contribution < 1.29 is 4.39 Å². The van der Waals surface area contributed by atoms with E-state index >= 15 is 0 Å². The minimum absolute atomic E-state index is 0.219. The molecule has 0 aliphatic heterocycles. The van der Waals surface area contributed by atoms with Crippen molar-refractivity contribution in [2.45, 2.75) is 20.8 Å². The molecule has 0 amide bonds. The van der Waals surface area contributed by atoms with Crippen LogP contribution in [0.15, 0.2) is 36.4 Å². The summed E-state index contributed by atoms with van der Waals surface area (Å²) in [6.45, 7) is 5.80. The molecule has 0 heterocycles. The SMILES string of the molecule is Cc1ccc(NC(=S)Nc2ccc(F)c(C)c2)c(C)c1. The van der Waals surface area contributed by atoms with Crippen molar-refractivity contribution in [1.29, 1.82) is 0 Å². The molecule has 0 unspecified atom stereocenters. The van der Waals surface area contributed by atoms with Crippen LogP contribution in [0.25, 0.3) is 0 Å². The van der Waals surface area contributed by atoms with E-state index in [9.17, 15) is 4.39 Å². The van der Waals surface area contributed by atoms with Crippen LogP contribution < -0.4 is 10.6 Å². The maximum Gasteiger partial charge on any atom is 0.175 e. The Morgan fingerprint density at radius 1 is 0.950 bits per heavy atom. The van der Waals surface area contributed by atoms with E-state index in [0.29, 0.717) is 10.7 Å². The monoisotopic (exact) mass is 288 g/mol. The lowest BCUT2D eigenvalue weighted by Gasteiger charge is -2.13. The summed E-state index contributed by atoms with van der Waals surface area (Å²) in [4.78, 5) is 0. The highest BCUT2D eigenvalue weighted by atomic mass is 32.1. The molecule has 20 heavy (non-hydrogen) atoms. The zero-order valence-electron chi connectivity index (χ0n) is 11.8. The van der Waals surface area contributed by atoms with Crippen molar-refractivity contribution in [2.75, 3.05) is 10.6 Å². The zero-order chi connectivity index (χ0) is 14.7.